The van der Waals surface area contributed by atoms with Crippen molar-refractivity contribution in [1.82, 2.24) is 5.32 Å². The molecule has 1 N–H and O–H groups in total. The Morgan fingerprint density at radius 1 is 1.21 bits per heavy atom. The summed E-state index contributed by atoms with van der Waals surface area (Å²) in [6.45, 7) is 1.30. The Hall–Kier alpha value is -2.40. The number of oxime groups is 1. The lowest BCUT2D eigenvalue weighted by Gasteiger charge is -2.12. The third-order valence-corrected chi connectivity index (χ3v) is 4.04. The molecule has 0 bridgehead atoms. The molecule has 126 valence electrons. The maximum absolute atomic E-state index is 13.1. The predicted octanol–water partition coefficient (Wildman–Crippen LogP) is 3.17. The van der Waals surface area contributed by atoms with Crippen LogP contribution in [0.2, 0.25) is 0 Å². The fourth-order valence-electron chi connectivity index (χ4n) is 2.68. The van der Waals surface area contributed by atoms with Gasteiger partial charge in [0, 0.05) is 39.3 Å². The third kappa shape index (κ3) is 4.11. The fourth-order valence-corrected chi connectivity index (χ4v) is 2.68. The maximum Gasteiger partial charge on any atom is 0.145 e. The Morgan fingerprint density at radius 3 is 2.71 bits per heavy atom. The van der Waals surface area contributed by atoms with Gasteiger partial charge in [-0.2, -0.15) is 0 Å². The standard InChI is InChI=1S/C19H22FN3O/c1-23(2)17-8-6-15(7-9-17)19-11-18(24-22-19)13-21-12-14-4-3-5-16(20)10-14/h3-10,18,21H,11-13H2,1-2H3. The van der Waals surface area contributed by atoms with Crippen molar-refractivity contribution in [2.45, 2.75) is 19.1 Å². The average molecular weight is 327 g/mol. The summed E-state index contributed by atoms with van der Waals surface area (Å²) in [5.74, 6) is -0.210. The van der Waals surface area contributed by atoms with Crippen molar-refractivity contribution >= 4 is 11.4 Å². The minimum absolute atomic E-state index is 0.0158. The van der Waals surface area contributed by atoms with Crippen molar-refractivity contribution in [3.05, 3.63) is 65.5 Å². The number of rotatable bonds is 6. The van der Waals surface area contributed by atoms with Crippen molar-refractivity contribution in [2.24, 2.45) is 5.16 Å². The summed E-state index contributed by atoms with van der Waals surface area (Å²) in [6, 6.07) is 14.9. The highest BCUT2D eigenvalue weighted by Gasteiger charge is 2.21. The molecule has 0 fully saturated rings. The number of hydrogen-bond acceptors (Lipinski definition) is 4. The van der Waals surface area contributed by atoms with E-state index in [2.05, 4.69) is 39.6 Å². The molecule has 2 aromatic rings. The normalized spacial score (nSPS) is 16.6. The van der Waals surface area contributed by atoms with Crippen molar-refractivity contribution in [1.29, 1.82) is 0 Å². The second kappa shape index (κ2) is 7.45. The van der Waals surface area contributed by atoms with E-state index in [1.165, 1.54) is 12.1 Å². The Balaban J connectivity index is 1.48. The lowest BCUT2D eigenvalue weighted by Crippen LogP contribution is -2.26. The lowest BCUT2D eigenvalue weighted by molar-refractivity contribution is 0.0848. The van der Waals surface area contributed by atoms with Crippen LogP contribution in [0.25, 0.3) is 0 Å². The van der Waals surface area contributed by atoms with Gasteiger partial charge in [-0.25, -0.2) is 4.39 Å². The molecule has 0 aliphatic carbocycles. The van der Waals surface area contributed by atoms with E-state index in [-0.39, 0.29) is 11.9 Å². The zero-order valence-electron chi connectivity index (χ0n) is 14.0. The van der Waals surface area contributed by atoms with Crippen molar-refractivity contribution < 1.29 is 9.23 Å². The molecule has 0 radical (unpaired) electrons. The van der Waals surface area contributed by atoms with Gasteiger partial charge in [-0.3, -0.25) is 0 Å². The topological polar surface area (TPSA) is 36.9 Å². The first-order valence-electron chi connectivity index (χ1n) is 8.07. The Kier molecular flexibility index (Phi) is 5.11. The number of hydrogen-bond donors (Lipinski definition) is 1. The molecule has 1 aliphatic heterocycles. The van der Waals surface area contributed by atoms with E-state index in [1.54, 1.807) is 6.07 Å². The maximum atomic E-state index is 13.1. The van der Waals surface area contributed by atoms with Crippen molar-refractivity contribution in [3.63, 3.8) is 0 Å². The van der Waals surface area contributed by atoms with Crippen LogP contribution in [-0.4, -0.2) is 32.5 Å². The van der Waals surface area contributed by atoms with Crippen LogP contribution in [-0.2, 0) is 11.4 Å². The van der Waals surface area contributed by atoms with Gasteiger partial charge < -0.3 is 15.1 Å². The summed E-state index contributed by atoms with van der Waals surface area (Å²) in [4.78, 5) is 7.57. The molecule has 1 aliphatic rings. The first-order chi connectivity index (χ1) is 11.6. The van der Waals surface area contributed by atoms with Crippen LogP contribution in [0.4, 0.5) is 10.1 Å². The Bertz CT molecular complexity index is 713. The lowest BCUT2D eigenvalue weighted by atomic mass is 10.0. The van der Waals surface area contributed by atoms with Crippen LogP contribution in [0.5, 0.6) is 0 Å². The quantitative estimate of drug-likeness (QED) is 0.885. The van der Waals surface area contributed by atoms with Gasteiger partial charge in [0.2, 0.25) is 0 Å². The smallest absolute Gasteiger partial charge is 0.145 e. The first-order valence-corrected chi connectivity index (χ1v) is 8.07. The average Bonchev–Trinajstić information content (AvgIpc) is 3.04. The Labute approximate surface area is 141 Å². The van der Waals surface area contributed by atoms with Crippen LogP contribution >= 0.6 is 0 Å². The number of nitrogens with one attached hydrogen (secondary N) is 1. The molecule has 0 saturated carbocycles. The van der Waals surface area contributed by atoms with Crippen molar-refractivity contribution in [3.8, 4) is 0 Å². The molecule has 2 aromatic carbocycles. The molecule has 3 rings (SSSR count). The van der Waals surface area contributed by atoms with Crippen LogP contribution in [0.3, 0.4) is 0 Å². The summed E-state index contributed by atoms with van der Waals surface area (Å²) in [5, 5.41) is 7.50. The van der Waals surface area contributed by atoms with E-state index in [0.717, 1.165) is 28.9 Å². The van der Waals surface area contributed by atoms with Crippen LogP contribution in [0, 0.1) is 5.82 Å². The molecule has 1 heterocycles. The van der Waals surface area contributed by atoms with Crippen molar-refractivity contribution in [2.75, 3.05) is 25.5 Å². The summed E-state index contributed by atoms with van der Waals surface area (Å²) < 4.78 is 13.1. The van der Waals surface area contributed by atoms with Crippen LogP contribution in [0.1, 0.15) is 17.5 Å². The van der Waals surface area contributed by atoms with Gasteiger partial charge in [-0.05, 0) is 35.4 Å². The van der Waals surface area contributed by atoms with E-state index in [0.29, 0.717) is 13.1 Å². The van der Waals surface area contributed by atoms with Gasteiger partial charge in [-0.1, -0.05) is 29.4 Å². The second-order valence-corrected chi connectivity index (χ2v) is 6.17. The van der Waals surface area contributed by atoms with E-state index >= 15 is 0 Å². The van der Waals surface area contributed by atoms with E-state index in [9.17, 15) is 4.39 Å². The van der Waals surface area contributed by atoms with Gasteiger partial charge in [0.15, 0.2) is 0 Å². The summed E-state index contributed by atoms with van der Waals surface area (Å²) in [5.41, 5.74) is 4.14. The number of anilines is 1. The molecule has 0 spiro atoms. The molecule has 24 heavy (non-hydrogen) atoms. The van der Waals surface area contributed by atoms with Gasteiger partial charge in [0.05, 0.1) is 5.71 Å². The van der Waals surface area contributed by atoms with Gasteiger partial charge in [0.25, 0.3) is 0 Å². The molecule has 1 unspecified atom stereocenters. The zero-order valence-corrected chi connectivity index (χ0v) is 14.0. The molecule has 0 saturated heterocycles. The molecule has 5 heteroatoms. The monoisotopic (exact) mass is 327 g/mol. The summed E-state index contributed by atoms with van der Waals surface area (Å²) in [7, 11) is 4.04. The van der Waals surface area contributed by atoms with E-state index in [1.807, 2.05) is 20.2 Å². The molecular weight excluding hydrogens is 305 g/mol. The second-order valence-electron chi connectivity index (χ2n) is 6.17. The molecule has 0 aromatic heterocycles. The number of nitrogens with zero attached hydrogens (tertiary/aromatic N) is 2. The number of benzene rings is 2. The molecular formula is C19H22FN3O. The van der Waals surface area contributed by atoms with Gasteiger partial charge in [-0.15, -0.1) is 0 Å². The SMILES string of the molecule is CN(C)c1ccc(C2=NOC(CNCc3cccc(F)c3)C2)cc1. The van der Waals surface area contributed by atoms with Gasteiger partial charge >= 0.3 is 0 Å². The highest BCUT2D eigenvalue weighted by Crippen LogP contribution is 2.19. The molecule has 4 nitrogen and oxygen atoms in total. The minimum atomic E-state index is -0.210. The number of halogens is 1. The summed E-state index contributed by atoms with van der Waals surface area (Å²) in [6.07, 6.45) is 0.791. The largest absolute Gasteiger partial charge is 0.390 e. The zero-order chi connectivity index (χ0) is 16.9. The molecule has 0 amide bonds. The van der Waals surface area contributed by atoms with Crippen LogP contribution < -0.4 is 10.2 Å². The van der Waals surface area contributed by atoms with E-state index < -0.39 is 0 Å². The third-order valence-electron chi connectivity index (χ3n) is 4.04. The van der Waals surface area contributed by atoms with Crippen LogP contribution in [0.15, 0.2) is 53.7 Å². The molecule has 1 atom stereocenters. The van der Waals surface area contributed by atoms with E-state index in [4.69, 9.17) is 4.84 Å². The predicted molar refractivity (Wildman–Crippen MR) is 94.9 cm³/mol. The fraction of sp³-hybridized carbons (Fsp3) is 0.316. The first kappa shape index (κ1) is 16.5. The summed E-state index contributed by atoms with van der Waals surface area (Å²) >= 11 is 0. The highest BCUT2D eigenvalue weighted by atomic mass is 19.1. The Morgan fingerprint density at radius 2 is 2.00 bits per heavy atom. The highest BCUT2D eigenvalue weighted by molar-refractivity contribution is 6.01. The minimum Gasteiger partial charge on any atom is -0.390 e. The van der Waals surface area contributed by atoms with Gasteiger partial charge in [0.1, 0.15) is 11.9 Å².